The first-order valence-electron chi connectivity index (χ1n) is 4.59. The summed E-state index contributed by atoms with van der Waals surface area (Å²) in [5.41, 5.74) is 0.468. The van der Waals surface area contributed by atoms with Crippen molar-refractivity contribution < 1.29 is 4.79 Å². The van der Waals surface area contributed by atoms with Crippen LogP contribution in [0.5, 0.6) is 0 Å². The topological polar surface area (TPSA) is 68.6 Å². The smallest absolute Gasteiger partial charge is 0.194 e. The lowest BCUT2D eigenvalue weighted by molar-refractivity contribution is 0.112. The quantitative estimate of drug-likeness (QED) is 0.611. The number of aldehydes is 1. The Morgan fingerprint density at radius 2 is 2.19 bits per heavy atom. The summed E-state index contributed by atoms with van der Waals surface area (Å²) in [4.78, 5) is 22.8. The van der Waals surface area contributed by atoms with Crippen LogP contribution in [0.1, 0.15) is 23.1 Å². The first-order chi connectivity index (χ1) is 7.81. The number of hydrogen-bond donors (Lipinski definition) is 0. The molecule has 0 saturated heterocycles. The van der Waals surface area contributed by atoms with Crippen molar-refractivity contribution >= 4 is 29.6 Å². The Morgan fingerprint density at radius 3 is 2.75 bits per heavy atom. The summed E-state index contributed by atoms with van der Waals surface area (Å²) in [6.45, 7) is 2.01. The maximum absolute atomic E-state index is 10.4. The van der Waals surface area contributed by atoms with E-state index in [2.05, 4.69) is 19.3 Å². The lowest BCUT2D eigenvalue weighted by Gasteiger charge is -1.94. The molecule has 0 aliphatic heterocycles. The molecule has 0 radical (unpaired) electrons. The van der Waals surface area contributed by atoms with Gasteiger partial charge in [-0.25, -0.2) is 15.0 Å². The second-order valence-corrected chi connectivity index (χ2v) is 4.82. The number of rotatable bonds is 4. The molecular weight excluding hydrogens is 244 g/mol. The predicted molar refractivity (Wildman–Crippen MR) is 60.8 cm³/mol. The van der Waals surface area contributed by atoms with Crippen molar-refractivity contribution in [3.05, 3.63) is 23.8 Å². The molecule has 0 aliphatic rings. The van der Waals surface area contributed by atoms with Gasteiger partial charge in [0.05, 0.1) is 5.56 Å². The molecule has 2 rings (SSSR count). The molecule has 7 heteroatoms. The van der Waals surface area contributed by atoms with Crippen LogP contribution in [0.2, 0.25) is 0 Å². The Balaban J connectivity index is 2.10. The number of aromatic nitrogens is 4. The molecule has 82 valence electrons. The molecule has 0 aromatic carbocycles. The van der Waals surface area contributed by atoms with Crippen molar-refractivity contribution in [3.8, 4) is 0 Å². The van der Waals surface area contributed by atoms with E-state index in [4.69, 9.17) is 0 Å². The van der Waals surface area contributed by atoms with Crippen LogP contribution in [0.4, 0.5) is 0 Å². The Morgan fingerprint density at radius 1 is 1.44 bits per heavy atom. The molecular formula is C9H8N4OS2. The van der Waals surface area contributed by atoms with E-state index < -0.39 is 0 Å². The Labute approximate surface area is 101 Å². The van der Waals surface area contributed by atoms with E-state index in [1.54, 1.807) is 0 Å². The highest BCUT2D eigenvalue weighted by Gasteiger charge is 2.06. The normalized spacial score (nSPS) is 10.3. The Bertz CT molecular complexity index is 483. The fourth-order valence-electron chi connectivity index (χ4n) is 0.941. The molecule has 0 atom stereocenters. The summed E-state index contributed by atoms with van der Waals surface area (Å²) in [6, 6.07) is 0. The van der Waals surface area contributed by atoms with E-state index in [9.17, 15) is 4.79 Å². The molecule has 0 aliphatic carbocycles. The highest BCUT2D eigenvalue weighted by atomic mass is 32.2. The first-order valence-corrected chi connectivity index (χ1v) is 6.18. The molecule has 0 unspecified atom stereocenters. The average Bonchev–Trinajstić information content (AvgIpc) is 2.78. The summed E-state index contributed by atoms with van der Waals surface area (Å²) in [6.07, 6.45) is 4.52. The molecule has 0 bridgehead atoms. The second kappa shape index (κ2) is 5.13. The van der Waals surface area contributed by atoms with Crippen LogP contribution >= 0.6 is 23.3 Å². The Kier molecular flexibility index (Phi) is 3.58. The van der Waals surface area contributed by atoms with Gasteiger partial charge in [0.15, 0.2) is 15.8 Å². The molecule has 2 aromatic rings. The van der Waals surface area contributed by atoms with Crippen LogP contribution in [0, 0.1) is 0 Å². The summed E-state index contributed by atoms with van der Waals surface area (Å²) >= 11 is 2.68. The fourth-order valence-corrected chi connectivity index (χ4v) is 2.44. The number of nitrogens with zero attached hydrogens (tertiary/aromatic N) is 4. The van der Waals surface area contributed by atoms with Gasteiger partial charge in [-0.3, -0.25) is 4.79 Å². The number of carbonyl (C=O) groups is 1. The largest absolute Gasteiger partial charge is 0.298 e. The third kappa shape index (κ3) is 2.61. The van der Waals surface area contributed by atoms with Gasteiger partial charge in [-0.15, -0.1) is 0 Å². The summed E-state index contributed by atoms with van der Waals surface area (Å²) in [5.74, 6) is 0.831. The second-order valence-electron chi connectivity index (χ2n) is 2.85. The molecule has 0 fully saturated rings. The third-order valence-electron chi connectivity index (χ3n) is 1.73. The molecule has 2 aromatic heterocycles. The number of aryl methyl sites for hydroxylation is 1. The highest BCUT2D eigenvalue weighted by molar-refractivity contribution is 8.00. The number of hydrogen-bond acceptors (Lipinski definition) is 7. The molecule has 0 amide bonds. The van der Waals surface area contributed by atoms with Crippen LogP contribution in [0.25, 0.3) is 0 Å². The van der Waals surface area contributed by atoms with E-state index >= 15 is 0 Å². The minimum Gasteiger partial charge on any atom is -0.298 e. The maximum Gasteiger partial charge on any atom is 0.194 e. The van der Waals surface area contributed by atoms with Crippen molar-refractivity contribution in [1.29, 1.82) is 0 Å². The van der Waals surface area contributed by atoms with Gasteiger partial charge in [0, 0.05) is 18.8 Å². The third-order valence-corrected chi connectivity index (χ3v) is 3.41. The zero-order chi connectivity index (χ0) is 11.4. The fraction of sp³-hybridized carbons (Fsp3) is 0.222. The van der Waals surface area contributed by atoms with Crippen LogP contribution in [-0.4, -0.2) is 25.6 Å². The van der Waals surface area contributed by atoms with Crippen molar-refractivity contribution in [2.75, 3.05) is 0 Å². The molecule has 2 heterocycles. The van der Waals surface area contributed by atoms with E-state index in [0.29, 0.717) is 17.0 Å². The zero-order valence-corrected chi connectivity index (χ0v) is 10.1. The van der Waals surface area contributed by atoms with Crippen molar-refractivity contribution in [1.82, 2.24) is 19.3 Å². The van der Waals surface area contributed by atoms with Gasteiger partial charge in [-0.05, 0) is 23.3 Å². The van der Waals surface area contributed by atoms with Gasteiger partial charge < -0.3 is 0 Å². The SMILES string of the molecule is CCc1nsc(Sc2ncc(C=O)cn2)n1. The van der Waals surface area contributed by atoms with Crippen LogP contribution in [0.15, 0.2) is 21.9 Å². The minimum absolute atomic E-state index is 0.468. The minimum atomic E-state index is 0.468. The maximum atomic E-state index is 10.4. The molecule has 16 heavy (non-hydrogen) atoms. The van der Waals surface area contributed by atoms with Gasteiger partial charge in [0.2, 0.25) is 0 Å². The number of carbonyl (C=O) groups excluding carboxylic acids is 1. The van der Waals surface area contributed by atoms with E-state index in [0.717, 1.165) is 16.6 Å². The summed E-state index contributed by atoms with van der Waals surface area (Å²) in [5, 5.41) is 0.574. The monoisotopic (exact) mass is 252 g/mol. The highest BCUT2D eigenvalue weighted by Crippen LogP contribution is 2.25. The Hall–Kier alpha value is -1.34. The molecule has 0 N–H and O–H groups in total. The summed E-state index contributed by atoms with van der Waals surface area (Å²) < 4.78 is 4.98. The van der Waals surface area contributed by atoms with Crippen LogP contribution in [0.3, 0.4) is 0 Å². The van der Waals surface area contributed by atoms with E-state index in [1.165, 1.54) is 35.7 Å². The van der Waals surface area contributed by atoms with Gasteiger partial charge in [0.25, 0.3) is 0 Å². The predicted octanol–water partition coefficient (Wildman–Crippen LogP) is 1.85. The van der Waals surface area contributed by atoms with Gasteiger partial charge in [-0.2, -0.15) is 4.37 Å². The standard InChI is InChI=1S/C9H8N4OS2/c1-2-7-12-9(16-13-7)15-8-10-3-6(5-14)4-11-8/h3-5H,2H2,1H3. The molecule has 5 nitrogen and oxygen atoms in total. The summed E-state index contributed by atoms with van der Waals surface area (Å²) in [7, 11) is 0. The lowest BCUT2D eigenvalue weighted by atomic mass is 10.4. The van der Waals surface area contributed by atoms with Crippen LogP contribution < -0.4 is 0 Å². The van der Waals surface area contributed by atoms with Crippen molar-refractivity contribution in [2.24, 2.45) is 0 Å². The van der Waals surface area contributed by atoms with E-state index in [1.807, 2.05) is 6.92 Å². The van der Waals surface area contributed by atoms with Gasteiger partial charge >= 0.3 is 0 Å². The molecule has 0 spiro atoms. The average molecular weight is 252 g/mol. The van der Waals surface area contributed by atoms with Crippen molar-refractivity contribution in [2.45, 2.75) is 22.8 Å². The molecule has 0 saturated carbocycles. The lowest BCUT2D eigenvalue weighted by Crippen LogP contribution is -1.89. The van der Waals surface area contributed by atoms with Gasteiger partial charge in [-0.1, -0.05) is 6.92 Å². The first kappa shape index (κ1) is 11.2. The van der Waals surface area contributed by atoms with Gasteiger partial charge in [0.1, 0.15) is 5.82 Å². The van der Waals surface area contributed by atoms with Crippen LogP contribution in [-0.2, 0) is 6.42 Å². The zero-order valence-electron chi connectivity index (χ0n) is 8.45. The van der Waals surface area contributed by atoms with Crippen molar-refractivity contribution in [3.63, 3.8) is 0 Å². The van der Waals surface area contributed by atoms with E-state index in [-0.39, 0.29) is 0 Å².